The van der Waals surface area contributed by atoms with Crippen LogP contribution in [0.15, 0.2) is 0 Å². The van der Waals surface area contributed by atoms with E-state index in [0.29, 0.717) is 19.3 Å². The molecule has 0 rings (SSSR count). The molecule has 0 amide bonds. The maximum atomic E-state index is 11.6. The van der Waals surface area contributed by atoms with Gasteiger partial charge in [0.1, 0.15) is 19.8 Å². The lowest BCUT2D eigenvalue weighted by atomic mass is 9.92. The molecule has 0 saturated heterocycles. The maximum Gasteiger partial charge on any atom is 0.305 e. The third-order valence-corrected chi connectivity index (χ3v) is 3.32. The molecule has 1 N–H and O–H groups in total. The molecule has 24 heavy (non-hydrogen) atoms. The van der Waals surface area contributed by atoms with Gasteiger partial charge in [0, 0.05) is 19.3 Å². The largest absolute Gasteiger partial charge is 0.465 e. The molecule has 0 aromatic carbocycles. The molecule has 0 aromatic heterocycles. The maximum absolute atomic E-state index is 11.6. The molecule has 0 spiro atoms. The van der Waals surface area contributed by atoms with Crippen LogP contribution in [0.25, 0.3) is 0 Å². The van der Waals surface area contributed by atoms with Crippen molar-refractivity contribution in [3.63, 3.8) is 0 Å². The minimum absolute atomic E-state index is 0.179. The minimum atomic E-state index is -1.14. The van der Waals surface area contributed by atoms with Crippen LogP contribution in [0, 0.1) is 5.41 Å². The van der Waals surface area contributed by atoms with Gasteiger partial charge in [-0.25, -0.2) is 0 Å². The molecule has 0 aliphatic carbocycles. The molecule has 0 aliphatic rings. The van der Waals surface area contributed by atoms with Crippen molar-refractivity contribution in [1.29, 1.82) is 0 Å². The van der Waals surface area contributed by atoms with Crippen molar-refractivity contribution in [2.75, 3.05) is 26.4 Å². The van der Waals surface area contributed by atoms with Crippen LogP contribution in [0.2, 0.25) is 0 Å². The number of hydrogen-bond acceptors (Lipinski definition) is 7. The highest BCUT2D eigenvalue weighted by atomic mass is 16.6. The number of aliphatic hydroxyl groups excluding tert-OH is 1. The summed E-state index contributed by atoms with van der Waals surface area (Å²) in [5.41, 5.74) is -1.14. The second-order valence-electron chi connectivity index (χ2n) is 5.89. The van der Waals surface area contributed by atoms with E-state index in [1.165, 1.54) is 0 Å². The first-order valence-electron chi connectivity index (χ1n) is 8.50. The van der Waals surface area contributed by atoms with Gasteiger partial charge in [-0.15, -0.1) is 0 Å². The second kappa shape index (κ2) is 12.8. The van der Waals surface area contributed by atoms with E-state index in [4.69, 9.17) is 14.2 Å². The predicted octanol–water partition coefficient (Wildman–Crippen LogP) is 1.99. The van der Waals surface area contributed by atoms with Gasteiger partial charge >= 0.3 is 17.9 Å². The number of hydrogen-bond donors (Lipinski definition) is 1. The van der Waals surface area contributed by atoms with Crippen LogP contribution in [0.1, 0.15) is 59.3 Å². The molecule has 7 nitrogen and oxygen atoms in total. The Kier molecular flexibility index (Phi) is 11.9. The summed E-state index contributed by atoms with van der Waals surface area (Å²) < 4.78 is 15.4. The number of esters is 3. The lowest BCUT2D eigenvalue weighted by molar-refractivity contribution is -0.165. The number of rotatable bonds is 13. The van der Waals surface area contributed by atoms with Crippen molar-refractivity contribution in [3.8, 4) is 0 Å². The van der Waals surface area contributed by atoms with Crippen molar-refractivity contribution in [2.24, 2.45) is 5.41 Å². The normalized spacial score (nSPS) is 11.0. The van der Waals surface area contributed by atoms with Gasteiger partial charge in [0.15, 0.2) is 0 Å². The first-order chi connectivity index (χ1) is 11.4. The van der Waals surface area contributed by atoms with Crippen molar-refractivity contribution in [3.05, 3.63) is 0 Å². The van der Waals surface area contributed by atoms with Crippen molar-refractivity contribution >= 4 is 17.9 Å². The van der Waals surface area contributed by atoms with E-state index in [-0.39, 0.29) is 39.1 Å². The summed E-state index contributed by atoms with van der Waals surface area (Å²) in [5.74, 6) is -1.22. The van der Waals surface area contributed by atoms with Gasteiger partial charge in [-0.2, -0.15) is 0 Å². The molecule has 0 aliphatic heterocycles. The van der Waals surface area contributed by atoms with E-state index < -0.39 is 29.9 Å². The number of ether oxygens (including phenoxy) is 3. The predicted molar refractivity (Wildman–Crippen MR) is 87.1 cm³/mol. The summed E-state index contributed by atoms with van der Waals surface area (Å²) in [4.78, 5) is 34.7. The molecule has 0 fully saturated rings. The molecule has 140 valence electrons. The van der Waals surface area contributed by atoms with E-state index in [0.717, 1.165) is 0 Å². The highest BCUT2D eigenvalue weighted by Gasteiger charge is 2.35. The SMILES string of the molecule is CCCC(=O)OCC(CO)(COC(=O)CCC)COC(=O)CCC. The Balaban J connectivity index is 4.81. The fraction of sp³-hybridized carbons (Fsp3) is 0.824. The Morgan fingerprint density at radius 3 is 1.21 bits per heavy atom. The highest BCUT2D eigenvalue weighted by molar-refractivity contribution is 5.70. The summed E-state index contributed by atoms with van der Waals surface area (Å²) >= 11 is 0. The van der Waals surface area contributed by atoms with Gasteiger partial charge in [0.2, 0.25) is 0 Å². The molecular weight excluding hydrogens is 316 g/mol. The zero-order valence-electron chi connectivity index (χ0n) is 15.0. The van der Waals surface area contributed by atoms with Crippen LogP contribution < -0.4 is 0 Å². The Hall–Kier alpha value is -1.63. The monoisotopic (exact) mass is 346 g/mol. The number of carbonyl (C=O) groups excluding carboxylic acids is 3. The Morgan fingerprint density at radius 2 is 1.00 bits per heavy atom. The fourth-order valence-corrected chi connectivity index (χ4v) is 1.79. The van der Waals surface area contributed by atoms with Crippen LogP contribution >= 0.6 is 0 Å². The number of aliphatic hydroxyl groups is 1. The zero-order valence-corrected chi connectivity index (χ0v) is 15.0. The highest BCUT2D eigenvalue weighted by Crippen LogP contribution is 2.20. The van der Waals surface area contributed by atoms with Crippen LogP contribution in [0.4, 0.5) is 0 Å². The molecule has 0 unspecified atom stereocenters. The first kappa shape index (κ1) is 22.4. The lowest BCUT2D eigenvalue weighted by Crippen LogP contribution is -2.42. The Bertz CT molecular complexity index is 337. The Labute approximate surface area is 143 Å². The number of carbonyl (C=O) groups is 3. The average molecular weight is 346 g/mol. The molecular formula is C17H30O7. The summed E-state index contributed by atoms with van der Waals surface area (Å²) in [6.07, 6.45) is 2.69. The van der Waals surface area contributed by atoms with Crippen LogP contribution in [-0.2, 0) is 28.6 Å². The molecule has 0 saturated carbocycles. The second-order valence-corrected chi connectivity index (χ2v) is 5.89. The van der Waals surface area contributed by atoms with Crippen LogP contribution in [0.5, 0.6) is 0 Å². The summed E-state index contributed by atoms with van der Waals surface area (Å²) in [5, 5.41) is 9.73. The smallest absolute Gasteiger partial charge is 0.305 e. The lowest BCUT2D eigenvalue weighted by Gasteiger charge is -2.30. The standard InChI is InChI=1S/C17H30O7/c1-4-7-14(19)22-11-17(10-18,12-23-15(20)8-5-2)13-24-16(21)9-6-3/h18H,4-13H2,1-3H3. The molecule has 0 heterocycles. The van der Waals surface area contributed by atoms with Gasteiger partial charge in [-0.05, 0) is 19.3 Å². The zero-order chi connectivity index (χ0) is 18.4. The third-order valence-electron chi connectivity index (χ3n) is 3.32. The summed E-state index contributed by atoms with van der Waals surface area (Å²) in [6, 6.07) is 0. The van der Waals surface area contributed by atoms with Gasteiger partial charge in [0.25, 0.3) is 0 Å². The average Bonchev–Trinajstić information content (AvgIpc) is 2.55. The Morgan fingerprint density at radius 1 is 0.708 bits per heavy atom. The molecule has 0 bridgehead atoms. The van der Waals surface area contributed by atoms with Gasteiger partial charge in [0.05, 0.1) is 12.0 Å². The van der Waals surface area contributed by atoms with E-state index >= 15 is 0 Å². The van der Waals surface area contributed by atoms with E-state index in [1.807, 2.05) is 20.8 Å². The van der Waals surface area contributed by atoms with Gasteiger partial charge in [-0.3, -0.25) is 14.4 Å². The fourth-order valence-electron chi connectivity index (χ4n) is 1.79. The van der Waals surface area contributed by atoms with E-state index in [1.54, 1.807) is 0 Å². The van der Waals surface area contributed by atoms with Crippen molar-refractivity contribution in [1.82, 2.24) is 0 Å². The van der Waals surface area contributed by atoms with Crippen molar-refractivity contribution < 1.29 is 33.7 Å². The summed E-state index contributed by atoms with van der Waals surface area (Å²) in [6.45, 7) is 4.56. The van der Waals surface area contributed by atoms with Crippen LogP contribution in [0.3, 0.4) is 0 Å². The topological polar surface area (TPSA) is 99.1 Å². The van der Waals surface area contributed by atoms with E-state index in [2.05, 4.69) is 0 Å². The minimum Gasteiger partial charge on any atom is -0.465 e. The van der Waals surface area contributed by atoms with E-state index in [9.17, 15) is 19.5 Å². The first-order valence-corrected chi connectivity index (χ1v) is 8.50. The van der Waals surface area contributed by atoms with Crippen molar-refractivity contribution in [2.45, 2.75) is 59.3 Å². The summed E-state index contributed by atoms with van der Waals surface area (Å²) in [7, 11) is 0. The molecule has 0 aromatic rings. The molecule has 0 radical (unpaired) electrons. The van der Waals surface area contributed by atoms with Crippen LogP contribution in [-0.4, -0.2) is 49.4 Å². The van der Waals surface area contributed by atoms with Gasteiger partial charge < -0.3 is 19.3 Å². The van der Waals surface area contributed by atoms with Gasteiger partial charge in [-0.1, -0.05) is 20.8 Å². The third kappa shape index (κ3) is 9.50. The molecule has 7 heteroatoms. The quantitative estimate of drug-likeness (QED) is 0.402. The molecule has 0 atom stereocenters.